The maximum atomic E-state index is 4.46. The van der Waals surface area contributed by atoms with Crippen molar-refractivity contribution in [3.05, 3.63) is 72.7 Å². The summed E-state index contributed by atoms with van der Waals surface area (Å²) in [5, 5.41) is 1.14. The summed E-state index contributed by atoms with van der Waals surface area (Å²) in [5.74, 6) is 0. The summed E-state index contributed by atoms with van der Waals surface area (Å²) in [7, 11) is 0. The number of para-hydroxylation sites is 1. The van der Waals surface area contributed by atoms with Gasteiger partial charge in [0.05, 0.1) is 23.6 Å². The van der Waals surface area contributed by atoms with E-state index in [9.17, 15) is 0 Å². The van der Waals surface area contributed by atoms with E-state index in [2.05, 4.69) is 32.7 Å². The second-order valence-electron chi connectivity index (χ2n) is 4.79. The van der Waals surface area contributed by atoms with Gasteiger partial charge in [0.1, 0.15) is 5.52 Å². The Morgan fingerprint density at radius 3 is 2.85 bits per heavy atom. The Morgan fingerprint density at radius 2 is 1.95 bits per heavy atom. The molecule has 3 heteroatoms. The normalized spacial score (nSPS) is 11.2. The quantitative estimate of drug-likeness (QED) is 0.551. The van der Waals surface area contributed by atoms with E-state index in [0.29, 0.717) is 0 Å². The first kappa shape index (κ1) is 11.2. The molecule has 0 aliphatic carbocycles. The summed E-state index contributed by atoms with van der Waals surface area (Å²) in [6.07, 6.45) is 3.72. The molecule has 0 atom stereocenters. The molecule has 1 radical (unpaired) electrons. The average molecular weight is 258 g/mol. The minimum atomic E-state index is 0.793. The molecule has 0 N–H and O–H groups in total. The first-order valence-electron chi connectivity index (χ1n) is 6.55. The molecule has 2 heterocycles. The Labute approximate surface area is 116 Å². The fourth-order valence-corrected chi connectivity index (χ4v) is 2.55. The van der Waals surface area contributed by atoms with E-state index < -0.39 is 0 Å². The van der Waals surface area contributed by atoms with E-state index in [4.69, 9.17) is 0 Å². The summed E-state index contributed by atoms with van der Waals surface area (Å²) >= 11 is 0. The molecule has 2 aromatic heterocycles. The maximum absolute atomic E-state index is 4.46. The predicted octanol–water partition coefficient (Wildman–Crippen LogP) is 3.43. The topological polar surface area (TPSA) is 30.7 Å². The summed E-state index contributed by atoms with van der Waals surface area (Å²) in [4.78, 5) is 8.90. The van der Waals surface area contributed by atoms with Crippen molar-refractivity contribution in [1.82, 2.24) is 14.5 Å². The van der Waals surface area contributed by atoms with Crippen molar-refractivity contribution >= 4 is 21.9 Å². The number of nitrogens with zero attached hydrogens (tertiary/aromatic N) is 3. The van der Waals surface area contributed by atoms with Gasteiger partial charge >= 0.3 is 0 Å². The average Bonchev–Trinajstić information content (AvgIpc) is 2.92. The van der Waals surface area contributed by atoms with Crippen LogP contribution < -0.4 is 0 Å². The zero-order chi connectivity index (χ0) is 13.4. The standard InChI is InChI=1S/C17H12N3/c1-2-6-13(7-3-1)11-20-12-19-16-10-18-15-9-5-4-8-14(15)17(16)20/h1-2,4-10,12H,11H2. The molecule has 0 aliphatic heterocycles. The zero-order valence-electron chi connectivity index (χ0n) is 10.8. The van der Waals surface area contributed by atoms with E-state index in [1.54, 1.807) is 0 Å². The van der Waals surface area contributed by atoms with Crippen molar-refractivity contribution in [3.63, 3.8) is 0 Å². The molecule has 4 rings (SSSR count). The Kier molecular flexibility index (Phi) is 2.49. The SMILES string of the molecule is [c]1cccc(Cn2cnc3cnc4ccccc4c32)c1. The minimum Gasteiger partial charge on any atom is -0.325 e. The number of benzene rings is 2. The van der Waals surface area contributed by atoms with Gasteiger partial charge in [-0.1, -0.05) is 36.4 Å². The number of hydrogen-bond donors (Lipinski definition) is 0. The third-order valence-electron chi connectivity index (χ3n) is 3.48. The van der Waals surface area contributed by atoms with Gasteiger partial charge in [-0.2, -0.15) is 0 Å². The molecule has 0 bridgehead atoms. The van der Waals surface area contributed by atoms with Crippen LogP contribution in [0.3, 0.4) is 0 Å². The number of hydrogen-bond acceptors (Lipinski definition) is 2. The fraction of sp³-hybridized carbons (Fsp3) is 0.0588. The van der Waals surface area contributed by atoms with Crippen LogP contribution >= 0.6 is 0 Å². The monoisotopic (exact) mass is 258 g/mol. The van der Waals surface area contributed by atoms with Gasteiger partial charge in [0.2, 0.25) is 0 Å². The third-order valence-corrected chi connectivity index (χ3v) is 3.48. The second kappa shape index (κ2) is 4.46. The molecule has 0 unspecified atom stereocenters. The van der Waals surface area contributed by atoms with Crippen LogP contribution in [0, 0.1) is 6.07 Å². The van der Waals surface area contributed by atoms with Crippen LogP contribution in [0.25, 0.3) is 21.9 Å². The molecule has 4 aromatic rings. The Hall–Kier alpha value is -2.68. The van der Waals surface area contributed by atoms with Crippen molar-refractivity contribution in [2.75, 3.05) is 0 Å². The summed E-state index contributed by atoms with van der Waals surface area (Å²) in [5.41, 5.74) is 4.29. The van der Waals surface area contributed by atoms with E-state index in [-0.39, 0.29) is 0 Å². The van der Waals surface area contributed by atoms with Crippen LogP contribution in [0.5, 0.6) is 0 Å². The van der Waals surface area contributed by atoms with Crippen molar-refractivity contribution < 1.29 is 0 Å². The first-order chi connectivity index (χ1) is 9.92. The van der Waals surface area contributed by atoms with Gasteiger partial charge < -0.3 is 4.57 Å². The lowest BCUT2D eigenvalue weighted by Crippen LogP contribution is -1.98. The smallest absolute Gasteiger partial charge is 0.107 e. The largest absolute Gasteiger partial charge is 0.325 e. The lowest BCUT2D eigenvalue weighted by atomic mass is 10.2. The summed E-state index contributed by atoms with van der Waals surface area (Å²) in [6, 6.07) is 19.3. The third kappa shape index (κ3) is 1.75. The maximum Gasteiger partial charge on any atom is 0.107 e. The fourth-order valence-electron chi connectivity index (χ4n) is 2.55. The van der Waals surface area contributed by atoms with Crippen LogP contribution in [0.1, 0.15) is 5.56 Å². The van der Waals surface area contributed by atoms with Gasteiger partial charge in [-0.15, -0.1) is 0 Å². The Morgan fingerprint density at radius 1 is 1.00 bits per heavy atom. The Balaban J connectivity index is 1.94. The first-order valence-corrected chi connectivity index (χ1v) is 6.55. The van der Waals surface area contributed by atoms with Gasteiger partial charge in [0, 0.05) is 11.9 Å². The molecular weight excluding hydrogens is 246 g/mol. The highest BCUT2D eigenvalue weighted by Crippen LogP contribution is 2.23. The Bertz CT molecular complexity index is 878. The second-order valence-corrected chi connectivity index (χ2v) is 4.79. The highest BCUT2D eigenvalue weighted by molar-refractivity contribution is 6.01. The van der Waals surface area contributed by atoms with Crippen LogP contribution in [0.4, 0.5) is 0 Å². The van der Waals surface area contributed by atoms with Gasteiger partial charge in [0.15, 0.2) is 0 Å². The summed E-state index contributed by atoms with van der Waals surface area (Å²) in [6.45, 7) is 0.793. The predicted molar refractivity (Wildman–Crippen MR) is 79.4 cm³/mol. The van der Waals surface area contributed by atoms with Crippen molar-refractivity contribution in [1.29, 1.82) is 0 Å². The molecule has 0 saturated heterocycles. The van der Waals surface area contributed by atoms with Crippen molar-refractivity contribution in [3.8, 4) is 0 Å². The molecule has 0 aliphatic rings. The van der Waals surface area contributed by atoms with Crippen molar-refractivity contribution in [2.24, 2.45) is 0 Å². The van der Waals surface area contributed by atoms with Gasteiger partial charge in [-0.25, -0.2) is 4.98 Å². The molecule has 0 fully saturated rings. The lowest BCUT2D eigenvalue weighted by molar-refractivity contribution is 0.826. The molecule has 0 spiro atoms. The van der Waals surface area contributed by atoms with Gasteiger partial charge in [-0.3, -0.25) is 4.98 Å². The zero-order valence-corrected chi connectivity index (χ0v) is 10.8. The van der Waals surface area contributed by atoms with Crippen LogP contribution in [-0.4, -0.2) is 14.5 Å². The molecular formula is C17H12N3. The number of imidazole rings is 1. The van der Waals surface area contributed by atoms with E-state index in [1.807, 2.05) is 48.9 Å². The van der Waals surface area contributed by atoms with Crippen LogP contribution in [0.15, 0.2) is 61.1 Å². The molecule has 3 nitrogen and oxygen atoms in total. The summed E-state index contributed by atoms with van der Waals surface area (Å²) < 4.78 is 2.17. The highest BCUT2D eigenvalue weighted by atomic mass is 15.0. The molecule has 20 heavy (non-hydrogen) atoms. The van der Waals surface area contributed by atoms with E-state index in [1.165, 1.54) is 5.56 Å². The van der Waals surface area contributed by atoms with E-state index >= 15 is 0 Å². The number of pyridine rings is 1. The van der Waals surface area contributed by atoms with E-state index in [0.717, 1.165) is 28.5 Å². The number of aromatic nitrogens is 3. The van der Waals surface area contributed by atoms with Crippen LogP contribution in [0.2, 0.25) is 0 Å². The molecule has 0 amide bonds. The molecule has 95 valence electrons. The van der Waals surface area contributed by atoms with Crippen LogP contribution in [-0.2, 0) is 6.54 Å². The molecule has 0 saturated carbocycles. The van der Waals surface area contributed by atoms with Crippen molar-refractivity contribution in [2.45, 2.75) is 6.54 Å². The number of rotatable bonds is 2. The minimum absolute atomic E-state index is 0.793. The lowest BCUT2D eigenvalue weighted by Gasteiger charge is -2.06. The molecule has 2 aromatic carbocycles. The van der Waals surface area contributed by atoms with Gasteiger partial charge in [0.25, 0.3) is 0 Å². The van der Waals surface area contributed by atoms with Gasteiger partial charge in [-0.05, 0) is 23.8 Å². The number of fused-ring (bicyclic) bond motifs is 3. The highest BCUT2D eigenvalue weighted by Gasteiger charge is 2.08.